The molecule has 0 unspecified atom stereocenters. The van der Waals surface area contributed by atoms with Crippen LogP contribution in [0.5, 0.6) is 0 Å². The Labute approximate surface area is 163 Å². The Kier molecular flexibility index (Phi) is 6.26. The Morgan fingerprint density at radius 2 is 1.89 bits per heavy atom. The van der Waals surface area contributed by atoms with Gasteiger partial charge in [-0.15, -0.1) is 0 Å². The van der Waals surface area contributed by atoms with Crippen molar-refractivity contribution in [1.29, 1.82) is 0 Å². The highest BCUT2D eigenvalue weighted by molar-refractivity contribution is 7.91. The predicted octanol–water partition coefficient (Wildman–Crippen LogP) is 2.96. The fourth-order valence-corrected chi connectivity index (χ4v) is 6.32. The van der Waals surface area contributed by atoms with Crippen molar-refractivity contribution in [1.82, 2.24) is 9.80 Å². The second kappa shape index (κ2) is 8.31. The Hall–Kier alpha value is -1.40. The van der Waals surface area contributed by atoms with Crippen LogP contribution in [0.15, 0.2) is 35.2 Å². The molecule has 0 bridgehead atoms. The third kappa shape index (κ3) is 4.54. The van der Waals surface area contributed by atoms with Gasteiger partial charge in [0, 0.05) is 31.1 Å². The predicted molar refractivity (Wildman–Crippen MR) is 107 cm³/mol. The number of sulfone groups is 1. The number of hydrogen-bond acceptors (Lipinski definition) is 4. The molecule has 3 rings (SSSR count). The topological polar surface area (TPSA) is 57.7 Å². The number of likely N-dealkylation sites (tertiary alicyclic amines) is 1. The standard InChI is InChI=1S/C21H32N2O3S/c1-16(2)22(3)18-11-12-20(23-13-7-10-21(23)24)17(14-18)15-27(25,26)19-8-5-4-6-9-19/h4-6,8-9,16-18,20H,7,10-15H2,1-3H3/t17-,18-,20+/m1/s1. The molecule has 27 heavy (non-hydrogen) atoms. The molecule has 1 saturated heterocycles. The molecule has 0 aromatic heterocycles. The summed E-state index contributed by atoms with van der Waals surface area (Å²) in [6.45, 7) is 5.12. The molecule has 1 saturated carbocycles. The van der Waals surface area contributed by atoms with Crippen LogP contribution in [0, 0.1) is 5.92 Å². The van der Waals surface area contributed by atoms with E-state index >= 15 is 0 Å². The summed E-state index contributed by atoms with van der Waals surface area (Å²) in [5.41, 5.74) is 0. The van der Waals surface area contributed by atoms with Crippen LogP contribution in [0.4, 0.5) is 0 Å². The van der Waals surface area contributed by atoms with Gasteiger partial charge in [0.15, 0.2) is 9.84 Å². The molecular formula is C21H32N2O3S. The average Bonchev–Trinajstić information content (AvgIpc) is 3.07. The molecule has 0 N–H and O–H groups in total. The molecule has 6 heteroatoms. The molecule has 1 aromatic rings. The van der Waals surface area contributed by atoms with Crippen molar-refractivity contribution >= 4 is 15.7 Å². The number of rotatable bonds is 6. The highest BCUT2D eigenvalue weighted by Gasteiger charge is 2.41. The normalized spacial score (nSPS) is 26.9. The maximum atomic E-state index is 13.0. The largest absolute Gasteiger partial charge is 0.339 e. The molecule has 1 aliphatic heterocycles. The first kappa shape index (κ1) is 20.3. The van der Waals surface area contributed by atoms with Crippen molar-refractivity contribution in [2.24, 2.45) is 5.92 Å². The second-order valence-electron chi connectivity index (χ2n) is 8.34. The molecule has 2 fully saturated rings. The molecule has 3 atom stereocenters. The summed E-state index contributed by atoms with van der Waals surface area (Å²) >= 11 is 0. The van der Waals surface area contributed by atoms with Crippen molar-refractivity contribution in [3.8, 4) is 0 Å². The van der Waals surface area contributed by atoms with Crippen molar-refractivity contribution in [3.63, 3.8) is 0 Å². The smallest absolute Gasteiger partial charge is 0.222 e. The van der Waals surface area contributed by atoms with E-state index in [9.17, 15) is 13.2 Å². The lowest BCUT2D eigenvalue weighted by molar-refractivity contribution is -0.131. The summed E-state index contributed by atoms with van der Waals surface area (Å²) in [6.07, 6.45) is 4.23. The van der Waals surface area contributed by atoms with E-state index in [1.54, 1.807) is 24.3 Å². The number of carbonyl (C=O) groups excluding carboxylic acids is 1. The van der Waals surface area contributed by atoms with Crippen LogP contribution in [-0.2, 0) is 14.6 Å². The molecule has 1 aliphatic carbocycles. The van der Waals surface area contributed by atoms with Crippen molar-refractivity contribution in [2.45, 2.75) is 69.0 Å². The summed E-state index contributed by atoms with van der Waals surface area (Å²) in [5, 5.41) is 0. The van der Waals surface area contributed by atoms with Gasteiger partial charge < -0.3 is 9.80 Å². The number of benzene rings is 1. The minimum absolute atomic E-state index is 0.0165. The van der Waals surface area contributed by atoms with Crippen LogP contribution in [0.2, 0.25) is 0 Å². The number of nitrogens with zero attached hydrogens (tertiary/aromatic N) is 2. The molecule has 1 amide bonds. The van der Waals surface area contributed by atoms with Crippen molar-refractivity contribution in [3.05, 3.63) is 30.3 Å². The first-order chi connectivity index (χ1) is 12.8. The second-order valence-corrected chi connectivity index (χ2v) is 10.4. The van der Waals surface area contributed by atoms with Gasteiger partial charge in [-0.2, -0.15) is 0 Å². The van der Waals surface area contributed by atoms with Crippen molar-refractivity contribution in [2.75, 3.05) is 19.3 Å². The summed E-state index contributed by atoms with van der Waals surface area (Å²) in [4.78, 5) is 17.0. The van der Waals surface area contributed by atoms with E-state index < -0.39 is 9.84 Å². The quantitative estimate of drug-likeness (QED) is 0.747. The summed E-state index contributed by atoms with van der Waals surface area (Å²) in [6, 6.07) is 9.56. The van der Waals surface area contributed by atoms with Gasteiger partial charge in [-0.05, 0) is 64.6 Å². The minimum atomic E-state index is -3.37. The van der Waals surface area contributed by atoms with Gasteiger partial charge in [0.2, 0.25) is 5.91 Å². The van der Waals surface area contributed by atoms with Gasteiger partial charge in [-0.3, -0.25) is 4.79 Å². The van der Waals surface area contributed by atoms with Gasteiger partial charge in [0.25, 0.3) is 0 Å². The summed E-state index contributed by atoms with van der Waals surface area (Å²) < 4.78 is 26.1. The van der Waals surface area contributed by atoms with Crippen LogP contribution in [0.3, 0.4) is 0 Å². The van der Waals surface area contributed by atoms with Gasteiger partial charge in [0.1, 0.15) is 0 Å². The van der Waals surface area contributed by atoms with Gasteiger partial charge in [-0.1, -0.05) is 18.2 Å². The zero-order valence-electron chi connectivity index (χ0n) is 16.7. The van der Waals surface area contributed by atoms with Crippen molar-refractivity contribution < 1.29 is 13.2 Å². The van der Waals surface area contributed by atoms with E-state index in [2.05, 4.69) is 25.8 Å². The minimum Gasteiger partial charge on any atom is -0.339 e. The van der Waals surface area contributed by atoms with Crippen LogP contribution in [0.1, 0.15) is 46.0 Å². The van der Waals surface area contributed by atoms with E-state index in [1.807, 2.05) is 11.0 Å². The monoisotopic (exact) mass is 392 g/mol. The number of amides is 1. The zero-order chi connectivity index (χ0) is 19.6. The Morgan fingerprint density at radius 3 is 2.48 bits per heavy atom. The third-order valence-electron chi connectivity index (χ3n) is 6.35. The van der Waals surface area contributed by atoms with E-state index in [-0.39, 0.29) is 23.6 Å². The number of hydrogen-bond donors (Lipinski definition) is 0. The highest BCUT2D eigenvalue weighted by atomic mass is 32.2. The number of carbonyl (C=O) groups is 1. The van der Waals surface area contributed by atoms with Crippen LogP contribution < -0.4 is 0 Å². The summed E-state index contributed by atoms with van der Waals surface area (Å²) in [5.74, 6) is 0.295. The van der Waals surface area contributed by atoms with E-state index in [0.717, 1.165) is 32.2 Å². The molecular weight excluding hydrogens is 360 g/mol. The molecule has 2 aliphatic rings. The maximum absolute atomic E-state index is 13.0. The summed E-state index contributed by atoms with van der Waals surface area (Å²) in [7, 11) is -1.24. The SMILES string of the molecule is CC(C)N(C)[C@@H]1CC[C@H](N2CCCC2=O)[C@@H](CS(=O)(=O)c2ccccc2)C1. The molecule has 1 aromatic carbocycles. The van der Waals surface area contributed by atoms with E-state index in [4.69, 9.17) is 0 Å². The van der Waals surface area contributed by atoms with E-state index in [0.29, 0.717) is 23.4 Å². The molecule has 0 spiro atoms. The van der Waals surface area contributed by atoms with Crippen LogP contribution in [-0.4, -0.2) is 61.6 Å². The zero-order valence-corrected chi connectivity index (χ0v) is 17.5. The fraction of sp³-hybridized carbons (Fsp3) is 0.667. The third-order valence-corrected chi connectivity index (χ3v) is 8.21. The Bertz CT molecular complexity index is 748. The average molecular weight is 393 g/mol. The Balaban J connectivity index is 1.83. The lowest BCUT2D eigenvalue weighted by Crippen LogP contribution is -2.51. The highest BCUT2D eigenvalue weighted by Crippen LogP contribution is 2.35. The first-order valence-corrected chi connectivity index (χ1v) is 11.7. The molecule has 0 radical (unpaired) electrons. The molecule has 5 nitrogen and oxygen atoms in total. The lowest BCUT2D eigenvalue weighted by Gasteiger charge is -2.44. The first-order valence-electron chi connectivity index (χ1n) is 10.1. The molecule has 1 heterocycles. The van der Waals surface area contributed by atoms with Gasteiger partial charge in [0.05, 0.1) is 10.6 Å². The van der Waals surface area contributed by atoms with Crippen LogP contribution in [0.25, 0.3) is 0 Å². The fourth-order valence-electron chi connectivity index (χ4n) is 4.63. The Morgan fingerprint density at radius 1 is 1.19 bits per heavy atom. The van der Waals surface area contributed by atoms with Gasteiger partial charge in [-0.25, -0.2) is 8.42 Å². The van der Waals surface area contributed by atoms with Crippen LogP contribution >= 0.6 is 0 Å². The lowest BCUT2D eigenvalue weighted by atomic mass is 9.81. The maximum Gasteiger partial charge on any atom is 0.222 e. The molecule has 150 valence electrons. The van der Waals surface area contributed by atoms with Gasteiger partial charge >= 0.3 is 0 Å². The van der Waals surface area contributed by atoms with E-state index in [1.165, 1.54) is 0 Å².